The Morgan fingerprint density at radius 1 is 1.40 bits per heavy atom. The zero-order valence-corrected chi connectivity index (χ0v) is 11.8. The number of aliphatic carboxylic acids is 1. The van der Waals surface area contributed by atoms with E-state index in [0.717, 1.165) is 0 Å². The van der Waals surface area contributed by atoms with Crippen LogP contribution in [0.4, 0.5) is 0 Å². The summed E-state index contributed by atoms with van der Waals surface area (Å²) < 4.78 is 9.98. The van der Waals surface area contributed by atoms with Gasteiger partial charge in [-0.05, 0) is 20.8 Å². The fourth-order valence-corrected chi connectivity index (χ4v) is 1.67. The number of hydrogen-bond donors (Lipinski definition) is 2. The Balaban J connectivity index is 2.79. The van der Waals surface area contributed by atoms with E-state index < -0.39 is 23.5 Å². The molecule has 0 radical (unpaired) electrons. The molecule has 0 amide bonds. The average molecular weight is 285 g/mol. The molecule has 0 saturated carbocycles. The third-order valence-electron chi connectivity index (χ3n) is 2.41. The third kappa shape index (κ3) is 5.40. The molecule has 0 fully saturated rings. The molecule has 0 spiro atoms. The molecule has 112 valence electrons. The summed E-state index contributed by atoms with van der Waals surface area (Å²) in [5, 5.41) is 21.5. The maximum Gasteiger partial charge on any atom is 0.307 e. The number of aliphatic hydroxyl groups excluding tert-OH is 1. The second-order valence-corrected chi connectivity index (χ2v) is 5.46. The van der Waals surface area contributed by atoms with E-state index in [4.69, 9.17) is 19.5 Å². The standard InChI is InChI=1S/C13H19NO6/c1-13(2,3)19-12(18)5-8(4-11(16)17)10-6-9(7-15)20-14-10/h6,8,15H,4-5,7H2,1-3H3,(H,16,17)/t8-/m1/s1. The lowest BCUT2D eigenvalue weighted by atomic mass is 9.97. The molecular formula is C13H19NO6. The van der Waals surface area contributed by atoms with Crippen LogP contribution in [0.25, 0.3) is 0 Å². The van der Waals surface area contributed by atoms with E-state index >= 15 is 0 Å². The highest BCUT2D eigenvalue weighted by Crippen LogP contribution is 2.25. The van der Waals surface area contributed by atoms with Crippen LogP contribution in [0, 0.1) is 0 Å². The van der Waals surface area contributed by atoms with E-state index in [1.165, 1.54) is 6.07 Å². The normalized spacial score (nSPS) is 13.0. The van der Waals surface area contributed by atoms with Gasteiger partial charge in [-0.1, -0.05) is 5.16 Å². The van der Waals surface area contributed by atoms with Gasteiger partial charge in [-0.25, -0.2) is 0 Å². The molecule has 7 heteroatoms. The van der Waals surface area contributed by atoms with Crippen LogP contribution < -0.4 is 0 Å². The molecule has 1 rings (SSSR count). The lowest BCUT2D eigenvalue weighted by Gasteiger charge is -2.21. The number of carboxylic acid groups (broad SMARTS) is 1. The predicted octanol–water partition coefficient (Wildman–Crippen LogP) is 1.46. The van der Waals surface area contributed by atoms with Gasteiger partial charge < -0.3 is 19.5 Å². The number of ether oxygens (including phenoxy) is 1. The number of aromatic nitrogens is 1. The fraction of sp³-hybridized carbons (Fsp3) is 0.615. The van der Waals surface area contributed by atoms with Crippen molar-refractivity contribution in [1.29, 1.82) is 0 Å². The van der Waals surface area contributed by atoms with Crippen molar-refractivity contribution in [3.63, 3.8) is 0 Å². The second kappa shape index (κ2) is 6.51. The number of carbonyl (C=O) groups excluding carboxylic acids is 1. The first-order chi connectivity index (χ1) is 9.21. The molecule has 0 aliphatic carbocycles. The van der Waals surface area contributed by atoms with Crippen LogP contribution in [-0.2, 0) is 20.9 Å². The van der Waals surface area contributed by atoms with Crippen molar-refractivity contribution in [2.24, 2.45) is 0 Å². The summed E-state index contributed by atoms with van der Waals surface area (Å²) in [7, 11) is 0. The Bertz CT molecular complexity index is 473. The molecular weight excluding hydrogens is 266 g/mol. The van der Waals surface area contributed by atoms with Crippen molar-refractivity contribution in [2.75, 3.05) is 0 Å². The number of rotatable bonds is 6. The zero-order chi connectivity index (χ0) is 15.3. The van der Waals surface area contributed by atoms with Gasteiger partial charge in [0, 0.05) is 12.0 Å². The largest absolute Gasteiger partial charge is 0.481 e. The minimum absolute atomic E-state index is 0.110. The lowest BCUT2D eigenvalue weighted by Crippen LogP contribution is -2.25. The van der Waals surface area contributed by atoms with Gasteiger partial charge >= 0.3 is 11.9 Å². The first-order valence-corrected chi connectivity index (χ1v) is 6.21. The first kappa shape index (κ1) is 16.2. The molecule has 0 aliphatic rings. The molecule has 1 heterocycles. The van der Waals surface area contributed by atoms with Crippen molar-refractivity contribution >= 4 is 11.9 Å². The van der Waals surface area contributed by atoms with Gasteiger partial charge in [0.1, 0.15) is 12.2 Å². The van der Waals surface area contributed by atoms with E-state index in [1.54, 1.807) is 20.8 Å². The number of hydrogen-bond acceptors (Lipinski definition) is 6. The highest BCUT2D eigenvalue weighted by molar-refractivity contribution is 5.73. The minimum atomic E-state index is -1.05. The summed E-state index contributed by atoms with van der Waals surface area (Å²) in [6.45, 7) is 4.87. The predicted molar refractivity (Wildman–Crippen MR) is 67.9 cm³/mol. The molecule has 0 saturated heterocycles. The smallest absolute Gasteiger partial charge is 0.307 e. The minimum Gasteiger partial charge on any atom is -0.481 e. The highest BCUT2D eigenvalue weighted by Gasteiger charge is 2.26. The summed E-state index contributed by atoms with van der Waals surface area (Å²) in [5.74, 6) is -1.98. The van der Waals surface area contributed by atoms with Crippen LogP contribution in [-0.4, -0.2) is 32.9 Å². The van der Waals surface area contributed by atoms with E-state index in [9.17, 15) is 9.59 Å². The summed E-state index contributed by atoms with van der Waals surface area (Å²) >= 11 is 0. The van der Waals surface area contributed by atoms with Crippen LogP contribution >= 0.6 is 0 Å². The van der Waals surface area contributed by atoms with E-state index in [2.05, 4.69) is 5.16 Å². The summed E-state index contributed by atoms with van der Waals surface area (Å²) in [5.41, 5.74) is -0.312. The number of nitrogens with zero attached hydrogens (tertiary/aromatic N) is 1. The molecule has 0 bridgehead atoms. The van der Waals surface area contributed by atoms with Crippen molar-refractivity contribution < 1.29 is 29.1 Å². The Kier molecular flexibility index (Phi) is 5.26. The Labute approximate surface area is 116 Å². The van der Waals surface area contributed by atoms with Crippen molar-refractivity contribution in [3.05, 3.63) is 17.5 Å². The van der Waals surface area contributed by atoms with Gasteiger partial charge in [0.25, 0.3) is 0 Å². The van der Waals surface area contributed by atoms with Crippen molar-refractivity contribution in [1.82, 2.24) is 5.16 Å². The van der Waals surface area contributed by atoms with E-state index in [1.807, 2.05) is 0 Å². The lowest BCUT2D eigenvalue weighted by molar-refractivity contribution is -0.155. The van der Waals surface area contributed by atoms with Crippen LogP contribution in [0.2, 0.25) is 0 Å². The molecule has 1 aromatic rings. The van der Waals surface area contributed by atoms with Crippen molar-refractivity contribution in [2.45, 2.75) is 51.7 Å². The Morgan fingerprint density at radius 2 is 2.05 bits per heavy atom. The first-order valence-electron chi connectivity index (χ1n) is 6.21. The molecule has 0 aliphatic heterocycles. The number of esters is 1. The zero-order valence-electron chi connectivity index (χ0n) is 11.8. The molecule has 2 N–H and O–H groups in total. The maximum atomic E-state index is 11.8. The molecule has 0 aromatic carbocycles. The van der Waals surface area contributed by atoms with Gasteiger partial charge in [-0.15, -0.1) is 0 Å². The quantitative estimate of drug-likeness (QED) is 0.761. The van der Waals surface area contributed by atoms with E-state index in [0.29, 0.717) is 5.69 Å². The van der Waals surface area contributed by atoms with Crippen LogP contribution in [0.1, 0.15) is 51.0 Å². The SMILES string of the molecule is CC(C)(C)OC(=O)C[C@@H](CC(=O)O)c1cc(CO)on1. The number of carbonyl (C=O) groups is 2. The average Bonchev–Trinajstić information content (AvgIpc) is 2.73. The van der Waals surface area contributed by atoms with Gasteiger partial charge in [-0.2, -0.15) is 0 Å². The molecule has 20 heavy (non-hydrogen) atoms. The molecule has 0 unspecified atom stereocenters. The van der Waals surface area contributed by atoms with Gasteiger partial charge in [0.15, 0.2) is 5.76 Å². The van der Waals surface area contributed by atoms with Crippen LogP contribution in [0.5, 0.6) is 0 Å². The number of carboxylic acids is 1. The van der Waals surface area contributed by atoms with Crippen LogP contribution in [0.3, 0.4) is 0 Å². The second-order valence-electron chi connectivity index (χ2n) is 5.46. The Hall–Kier alpha value is -1.89. The monoisotopic (exact) mass is 285 g/mol. The van der Waals surface area contributed by atoms with Gasteiger partial charge in [-0.3, -0.25) is 9.59 Å². The third-order valence-corrected chi connectivity index (χ3v) is 2.41. The molecule has 1 aromatic heterocycles. The van der Waals surface area contributed by atoms with Crippen molar-refractivity contribution in [3.8, 4) is 0 Å². The fourth-order valence-electron chi connectivity index (χ4n) is 1.67. The maximum absolute atomic E-state index is 11.8. The summed E-state index contributed by atoms with van der Waals surface area (Å²) in [4.78, 5) is 22.6. The summed E-state index contributed by atoms with van der Waals surface area (Å²) in [6, 6.07) is 1.44. The van der Waals surface area contributed by atoms with Gasteiger partial charge in [0.05, 0.1) is 18.5 Å². The molecule has 1 atom stereocenters. The molecule has 7 nitrogen and oxygen atoms in total. The summed E-state index contributed by atoms with van der Waals surface area (Å²) in [6.07, 6.45) is -0.377. The van der Waals surface area contributed by atoms with Crippen LogP contribution in [0.15, 0.2) is 10.6 Å². The Morgan fingerprint density at radius 3 is 2.50 bits per heavy atom. The van der Waals surface area contributed by atoms with E-state index in [-0.39, 0.29) is 25.2 Å². The highest BCUT2D eigenvalue weighted by atomic mass is 16.6. The topological polar surface area (TPSA) is 110 Å². The number of aliphatic hydroxyl groups is 1. The van der Waals surface area contributed by atoms with Gasteiger partial charge in [0.2, 0.25) is 0 Å².